The first-order chi connectivity index (χ1) is 25.3. The molecular formula is C39H34F2N6O4S. The van der Waals surface area contributed by atoms with E-state index in [-0.39, 0.29) is 36.5 Å². The van der Waals surface area contributed by atoms with Gasteiger partial charge in [0, 0.05) is 57.9 Å². The van der Waals surface area contributed by atoms with Gasteiger partial charge in [-0.1, -0.05) is 12.7 Å². The molecule has 0 saturated heterocycles. The van der Waals surface area contributed by atoms with E-state index < -0.39 is 23.7 Å². The molecule has 3 aliphatic heterocycles. The lowest BCUT2D eigenvalue weighted by atomic mass is 9.89. The molecule has 0 aliphatic carbocycles. The number of amides is 1. The van der Waals surface area contributed by atoms with Crippen LogP contribution in [0.1, 0.15) is 49.0 Å². The third kappa shape index (κ3) is 5.13. The molecule has 6 aromatic rings. The maximum Gasteiger partial charge on any atom is 0.246 e. The molecule has 0 N–H and O–H groups in total. The van der Waals surface area contributed by atoms with Gasteiger partial charge in [-0.2, -0.15) is 10.2 Å². The highest BCUT2D eigenvalue weighted by Gasteiger charge is 2.41. The van der Waals surface area contributed by atoms with Crippen molar-refractivity contribution in [1.29, 1.82) is 0 Å². The molecule has 1 amide bonds. The Balaban J connectivity index is 1.31. The highest BCUT2D eigenvalue weighted by Crippen LogP contribution is 2.53. The fraction of sp³-hybridized carbons (Fsp3) is 0.282. The van der Waals surface area contributed by atoms with Crippen molar-refractivity contribution in [1.82, 2.24) is 29.4 Å². The lowest BCUT2D eigenvalue weighted by molar-refractivity contribution is -0.129. The summed E-state index contributed by atoms with van der Waals surface area (Å²) in [5, 5.41) is 13.2. The number of hydrogen-bond acceptors (Lipinski definition) is 8. The zero-order valence-electron chi connectivity index (χ0n) is 28.5. The van der Waals surface area contributed by atoms with Gasteiger partial charge in [-0.15, -0.1) is 11.3 Å². The zero-order chi connectivity index (χ0) is 35.7. The summed E-state index contributed by atoms with van der Waals surface area (Å²) in [6, 6.07) is 9.74. The molecule has 264 valence electrons. The minimum Gasteiger partial charge on any atom is -0.489 e. The number of thiophene rings is 1. The van der Waals surface area contributed by atoms with Gasteiger partial charge >= 0.3 is 0 Å². The van der Waals surface area contributed by atoms with Gasteiger partial charge in [-0.05, 0) is 49.6 Å². The van der Waals surface area contributed by atoms with Crippen molar-refractivity contribution in [3.8, 4) is 33.9 Å². The highest BCUT2D eigenvalue weighted by molar-refractivity contribution is 7.17. The first kappa shape index (κ1) is 32.5. The van der Waals surface area contributed by atoms with E-state index in [1.54, 1.807) is 4.90 Å². The Labute approximate surface area is 301 Å². The van der Waals surface area contributed by atoms with Crippen molar-refractivity contribution in [2.45, 2.75) is 45.0 Å². The third-order valence-electron chi connectivity index (χ3n) is 10.2. The number of nitrogens with zero attached hydrogens (tertiary/aromatic N) is 6. The number of rotatable bonds is 3. The van der Waals surface area contributed by atoms with Crippen LogP contribution in [-0.2, 0) is 22.6 Å². The number of pyridine rings is 1. The maximum absolute atomic E-state index is 16.3. The SMILES string of the molecule is C=CC(=O)N1CCn2nc(C3Oc4cc(F)cc(F)c4-c4c5nc(c6ccsc46)-c4cc6cnn(CC)c6cc4OC/C=C/COCC53)cc2[C@@H]1C. The van der Waals surface area contributed by atoms with Gasteiger partial charge in [0.25, 0.3) is 0 Å². The van der Waals surface area contributed by atoms with E-state index >= 15 is 8.78 Å². The van der Waals surface area contributed by atoms with Crippen LogP contribution in [0.5, 0.6) is 11.5 Å². The normalized spacial score (nSPS) is 20.3. The summed E-state index contributed by atoms with van der Waals surface area (Å²) in [6.07, 6.45) is 6.09. The molecule has 0 fully saturated rings. The second-order valence-electron chi connectivity index (χ2n) is 13.1. The molecule has 0 radical (unpaired) electrons. The molecule has 9 rings (SSSR count). The molecule has 2 unspecified atom stereocenters. The van der Waals surface area contributed by atoms with Gasteiger partial charge in [0.1, 0.15) is 35.4 Å². The average molecular weight is 721 g/mol. The van der Waals surface area contributed by atoms with E-state index in [0.717, 1.165) is 38.3 Å². The lowest BCUT2D eigenvalue weighted by Gasteiger charge is -2.33. The predicted molar refractivity (Wildman–Crippen MR) is 193 cm³/mol. The Morgan fingerprint density at radius 1 is 1.10 bits per heavy atom. The number of aromatic nitrogens is 5. The molecule has 2 bridgehead atoms. The molecule has 3 aliphatic rings. The molecular weight excluding hydrogens is 687 g/mol. The van der Waals surface area contributed by atoms with Crippen LogP contribution >= 0.6 is 11.3 Å². The van der Waals surface area contributed by atoms with Crippen LogP contribution in [0.3, 0.4) is 0 Å². The van der Waals surface area contributed by atoms with Gasteiger partial charge in [0.15, 0.2) is 6.10 Å². The van der Waals surface area contributed by atoms with E-state index in [9.17, 15) is 4.79 Å². The second-order valence-corrected chi connectivity index (χ2v) is 14.0. The summed E-state index contributed by atoms with van der Waals surface area (Å²) in [5.41, 5.74) is 4.92. The van der Waals surface area contributed by atoms with Gasteiger partial charge in [0.05, 0.1) is 66.1 Å². The van der Waals surface area contributed by atoms with E-state index in [2.05, 4.69) is 11.7 Å². The Bertz CT molecular complexity index is 2450. The topological polar surface area (TPSA) is 96.5 Å². The van der Waals surface area contributed by atoms with E-state index in [1.807, 2.05) is 71.2 Å². The van der Waals surface area contributed by atoms with E-state index in [0.29, 0.717) is 54.6 Å². The van der Waals surface area contributed by atoms with Gasteiger partial charge in [0.2, 0.25) is 5.91 Å². The monoisotopic (exact) mass is 720 g/mol. The molecule has 7 heterocycles. The smallest absolute Gasteiger partial charge is 0.246 e. The molecule has 3 atom stereocenters. The molecule has 0 spiro atoms. The minimum atomic E-state index is -0.858. The number of aryl methyl sites for hydroxylation is 1. The summed E-state index contributed by atoms with van der Waals surface area (Å²) in [7, 11) is 0. The van der Waals surface area contributed by atoms with Crippen molar-refractivity contribution in [2.75, 3.05) is 26.4 Å². The minimum absolute atomic E-state index is 0.0522. The fourth-order valence-corrected chi connectivity index (χ4v) is 8.68. The van der Waals surface area contributed by atoms with E-state index in [4.69, 9.17) is 24.3 Å². The Hall–Kier alpha value is -5.40. The first-order valence-electron chi connectivity index (χ1n) is 17.3. The van der Waals surface area contributed by atoms with Gasteiger partial charge in [-0.25, -0.2) is 8.78 Å². The number of benzene rings is 2. The number of carbonyl (C=O) groups excluding carboxylic acids is 1. The molecule has 4 aromatic heterocycles. The van der Waals surface area contributed by atoms with Gasteiger partial charge < -0.3 is 19.1 Å². The highest BCUT2D eigenvalue weighted by atomic mass is 32.1. The summed E-state index contributed by atoms with van der Waals surface area (Å²) >= 11 is 1.46. The Kier molecular flexibility index (Phi) is 7.92. The molecule has 52 heavy (non-hydrogen) atoms. The lowest BCUT2D eigenvalue weighted by Crippen LogP contribution is -2.40. The van der Waals surface area contributed by atoms with Crippen LogP contribution in [0, 0.1) is 11.6 Å². The second kappa shape index (κ2) is 12.7. The fourth-order valence-electron chi connectivity index (χ4n) is 7.72. The van der Waals surface area contributed by atoms with Crippen molar-refractivity contribution in [2.24, 2.45) is 0 Å². The Morgan fingerprint density at radius 3 is 2.81 bits per heavy atom. The van der Waals surface area contributed by atoms with E-state index in [1.165, 1.54) is 23.5 Å². The van der Waals surface area contributed by atoms with Crippen molar-refractivity contribution >= 4 is 38.2 Å². The predicted octanol–water partition coefficient (Wildman–Crippen LogP) is 7.75. The molecule has 10 nitrogen and oxygen atoms in total. The number of ether oxygens (including phenoxy) is 3. The number of carbonyl (C=O) groups is 1. The van der Waals surface area contributed by atoms with Crippen LogP contribution in [0.25, 0.3) is 43.4 Å². The molecule has 13 heteroatoms. The summed E-state index contributed by atoms with van der Waals surface area (Å²) in [4.78, 5) is 19.9. The van der Waals surface area contributed by atoms with Crippen LogP contribution < -0.4 is 9.47 Å². The number of fused-ring (bicyclic) bond motifs is 10. The Morgan fingerprint density at radius 2 is 1.96 bits per heavy atom. The average Bonchev–Trinajstić information content (AvgIpc) is 3.88. The zero-order valence-corrected chi connectivity index (χ0v) is 29.3. The van der Waals surface area contributed by atoms with Crippen molar-refractivity contribution in [3.05, 3.63) is 101 Å². The largest absolute Gasteiger partial charge is 0.489 e. The van der Waals surface area contributed by atoms with Crippen LogP contribution in [0.2, 0.25) is 0 Å². The summed E-state index contributed by atoms with van der Waals surface area (Å²) in [5.74, 6) is -1.61. The number of hydrogen-bond donors (Lipinski definition) is 0. The third-order valence-corrected chi connectivity index (χ3v) is 11.1. The van der Waals surface area contributed by atoms with Crippen molar-refractivity contribution < 1.29 is 27.8 Å². The maximum atomic E-state index is 16.3. The molecule has 2 aromatic carbocycles. The standard InChI is InChI=1S/C39H34F2N6O4S/c1-4-33(48)45-9-10-47-29(21(45)3)17-28(44-47)38-26-20-49-11-6-7-12-50-31-18-30-22(19-42-46(30)5-2)14-25(31)36-24-8-13-52-39(24)35(37(26)43-36)34-27(41)15-23(40)16-32(34)51-38/h4,6-8,13-19,21,26,38H,1,5,9-12,20H2,2-3H3/b7-6+/t21-,26?,38?/m0/s1. The summed E-state index contributed by atoms with van der Waals surface area (Å²) in [6.45, 7) is 9.98. The van der Waals surface area contributed by atoms with Crippen molar-refractivity contribution in [3.63, 3.8) is 0 Å². The van der Waals surface area contributed by atoms with Crippen LogP contribution in [0.4, 0.5) is 8.78 Å². The van der Waals surface area contributed by atoms with Gasteiger partial charge in [-0.3, -0.25) is 19.1 Å². The van der Waals surface area contributed by atoms with Crippen LogP contribution in [-0.4, -0.2) is 61.7 Å². The number of halogens is 2. The first-order valence-corrected chi connectivity index (χ1v) is 18.2. The molecule has 0 saturated carbocycles. The summed E-state index contributed by atoms with van der Waals surface area (Å²) < 4.78 is 55.3. The van der Waals surface area contributed by atoms with Crippen LogP contribution in [0.15, 0.2) is 72.8 Å². The quantitative estimate of drug-likeness (QED) is 0.136.